The molecule has 0 aliphatic heterocycles. The summed E-state index contributed by atoms with van der Waals surface area (Å²) >= 11 is 1.38. The molecule has 0 radical (unpaired) electrons. The van der Waals surface area contributed by atoms with Crippen LogP contribution in [-0.4, -0.2) is 29.9 Å². The number of rotatable bonds is 10. The number of halogens is 3. The molecule has 1 fully saturated rings. The lowest BCUT2D eigenvalue weighted by molar-refractivity contribution is -0.145. The van der Waals surface area contributed by atoms with Gasteiger partial charge in [0.15, 0.2) is 13.2 Å². The van der Waals surface area contributed by atoms with Gasteiger partial charge in [0.05, 0.1) is 28.5 Å². The molecule has 1 aliphatic carbocycles. The molecule has 4 rings (SSSR count). The zero-order valence-corrected chi connectivity index (χ0v) is 23.7. The number of esters is 1. The SMILES string of the molecule is CCOC(=O)COc1ccc(/C(=N/OCc2sc(-c3ccc(C(F)(F)F)cc3)nc2C)C2CCCCC2)cc1C. The standard InChI is InChI=1S/C30H33F3N2O4S/c1-4-37-27(36)18-38-25-15-12-23(16-19(25)2)28(21-8-6-5-7-9-21)35-39-17-26-20(3)34-29(40-26)22-10-13-24(14-11-22)30(31,32)33/h10-16,21H,4-9,17-18H2,1-3H3/b35-28+. The fraction of sp³-hybridized carbons (Fsp3) is 0.433. The van der Waals surface area contributed by atoms with Crippen molar-refractivity contribution in [3.8, 4) is 16.3 Å². The van der Waals surface area contributed by atoms with Gasteiger partial charge in [-0.05, 0) is 69.5 Å². The maximum atomic E-state index is 12.9. The van der Waals surface area contributed by atoms with Crippen LogP contribution < -0.4 is 4.74 Å². The van der Waals surface area contributed by atoms with Crippen LogP contribution in [0, 0.1) is 19.8 Å². The molecule has 6 nitrogen and oxygen atoms in total. The van der Waals surface area contributed by atoms with Crippen LogP contribution in [0.1, 0.15) is 66.3 Å². The maximum Gasteiger partial charge on any atom is 0.416 e. The van der Waals surface area contributed by atoms with Crippen LogP contribution in [0.25, 0.3) is 10.6 Å². The molecule has 3 aromatic rings. The van der Waals surface area contributed by atoms with Gasteiger partial charge in [-0.1, -0.05) is 36.6 Å². The Morgan fingerprint density at radius 2 is 1.80 bits per heavy atom. The Labute approximate surface area is 236 Å². The van der Waals surface area contributed by atoms with Crippen molar-refractivity contribution < 1.29 is 32.3 Å². The molecule has 1 aliphatic rings. The Balaban J connectivity index is 1.49. The number of nitrogens with zero attached hydrogens (tertiary/aromatic N) is 2. The van der Waals surface area contributed by atoms with E-state index in [1.165, 1.54) is 29.9 Å². The summed E-state index contributed by atoms with van der Waals surface area (Å²) in [5, 5.41) is 5.23. The third kappa shape index (κ3) is 7.62. The summed E-state index contributed by atoms with van der Waals surface area (Å²) in [6, 6.07) is 10.8. The number of hydrogen-bond donors (Lipinski definition) is 0. The molecular formula is C30H33F3N2O4S. The normalized spacial score (nSPS) is 14.7. The Bertz CT molecular complexity index is 1330. The van der Waals surface area contributed by atoms with Crippen LogP contribution in [0.15, 0.2) is 47.6 Å². The van der Waals surface area contributed by atoms with Crippen LogP contribution >= 0.6 is 11.3 Å². The van der Waals surface area contributed by atoms with E-state index in [9.17, 15) is 18.0 Å². The molecule has 1 saturated carbocycles. The lowest BCUT2D eigenvalue weighted by atomic mass is 9.83. The van der Waals surface area contributed by atoms with Gasteiger partial charge in [-0.2, -0.15) is 13.2 Å². The topological polar surface area (TPSA) is 70.0 Å². The largest absolute Gasteiger partial charge is 0.482 e. The highest BCUT2D eigenvalue weighted by Crippen LogP contribution is 2.34. The van der Waals surface area contributed by atoms with Gasteiger partial charge in [-0.3, -0.25) is 0 Å². The number of hydrogen-bond acceptors (Lipinski definition) is 7. The highest BCUT2D eigenvalue weighted by Gasteiger charge is 2.30. The molecule has 2 aromatic carbocycles. The second-order valence-electron chi connectivity index (χ2n) is 9.76. The number of carbonyl (C=O) groups is 1. The van der Waals surface area contributed by atoms with Crippen LogP contribution in [0.2, 0.25) is 0 Å². The third-order valence-electron chi connectivity index (χ3n) is 6.82. The van der Waals surface area contributed by atoms with E-state index in [1.807, 2.05) is 32.0 Å². The van der Waals surface area contributed by atoms with E-state index >= 15 is 0 Å². The smallest absolute Gasteiger partial charge is 0.416 e. The molecular weight excluding hydrogens is 541 g/mol. The first-order chi connectivity index (χ1) is 19.2. The molecule has 0 N–H and O–H groups in total. The number of aromatic nitrogens is 1. The Kier molecular flexibility index (Phi) is 9.84. The number of alkyl halides is 3. The quantitative estimate of drug-likeness (QED) is 0.140. The van der Waals surface area contributed by atoms with Gasteiger partial charge in [0.2, 0.25) is 0 Å². The summed E-state index contributed by atoms with van der Waals surface area (Å²) in [6.45, 7) is 5.89. The minimum Gasteiger partial charge on any atom is -0.482 e. The van der Waals surface area contributed by atoms with Gasteiger partial charge in [-0.15, -0.1) is 11.3 Å². The molecule has 0 amide bonds. The predicted octanol–water partition coefficient (Wildman–Crippen LogP) is 7.89. The number of aryl methyl sites for hydroxylation is 2. The Morgan fingerprint density at radius 1 is 1.07 bits per heavy atom. The average molecular weight is 575 g/mol. The van der Waals surface area contributed by atoms with Gasteiger partial charge in [0.25, 0.3) is 0 Å². The minimum absolute atomic E-state index is 0.149. The van der Waals surface area contributed by atoms with Crippen LogP contribution in [0.5, 0.6) is 5.75 Å². The summed E-state index contributed by atoms with van der Waals surface area (Å²) in [4.78, 5) is 23.0. The number of oxime groups is 1. The Hall–Kier alpha value is -3.40. The van der Waals surface area contributed by atoms with Crippen molar-refractivity contribution in [2.24, 2.45) is 11.1 Å². The number of thiazole rings is 1. The fourth-order valence-electron chi connectivity index (χ4n) is 4.70. The van der Waals surface area contributed by atoms with Crippen molar-refractivity contribution in [2.45, 2.75) is 65.7 Å². The van der Waals surface area contributed by atoms with Gasteiger partial charge in [0.1, 0.15) is 10.8 Å². The lowest BCUT2D eigenvalue weighted by Gasteiger charge is -2.23. The van der Waals surface area contributed by atoms with E-state index in [2.05, 4.69) is 10.1 Å². The van der Waals surface area contributed by atoms with Gasteiger partial charge < -0.3 is 14.3 Å². The molecule has 0 unspecified atom stereocenters. The summed E-state index contributed by atoms with van der Waals surface area (Å²) in [7, 11) is 0. The van der Waals surface area contributed by atoms with Gasteiger partial charge >= 0.3 is 12.1 Å². The molecule has 0 atom stereocenters. The highest BCUT2D eigenvalue weighted by molar-refractivity contribution is 7.15. The van der Waals surface area contributed by atoms with Gasteiger partial charge in [0, 0.05) is 17.0 Å². The zero-order valence-electron chi connectivity index (χ0n) is 22.8. The van der Waals surface area contributed by atoms with E-state index < -0.39 is 17.7 Å². The summed E-state index contributed by atoms with van der Waals surface area (Å²) in [5.74, 6) is 0.463. The zero-order chi connectivity index (χ0) is 28.7. The van der Waals surface area contributed by atoms with Crippen LogP contribution in [0.3, 0.4) is 0 Å². The highest BCUT2D eigenvalue weighted by atomic mass is 32.1. The number of ether oxygens (including phenoxy) is 2. The molecule has 0 saturated heterocycles. The molecule has 1 aromatic heterocycles. The second kappa shape index (κ2) is 13.3. The van der Waals surface area contributed by atoms with Gasteiger partial charge in [-0.25, -0.2) is 9.78 Å². The number of benzene rings is 2. The van der Waals surface area contributed by atoms with E-state index in [1.54, 1.807) is 6.92 Å². The van der Waals surface area contributed by atoms with E-state index in [4.69, 9.17) is 14.3 Å². The van der Waals surface area contributed by atoms with Crippen LogP contribution in [0.4, 0.5) is 13.2 Å². The molecule has 10 heteroatoms. The van der Waals surface area contributed by atoms with Crippen molar-refractivity contribution >= 4 is 23.0 Å². The predicted molar refractivity (Wildman–Crippen MR) is 148 cm³/mol. The van der Waals surface area contributed by atoms with Crippen molar-refractivity contribution in [1.29, 1.82) is 0 Å². The summed E-state index contributed by atoms with van der Waals surface area (Å²) in [6.07, 6.45) is 1.15. The van der Waals surface area contributed by atoms with Crippen molar-refractivity contribution in [1.82, 2.24) is 4.98 Å². The third-order valence-corrected chi connectivity index (χ3v) is 8.00. The van der Waals surface area contributed by atoms with E-state index in [0.29, 0.717) is 22.9 Å². The summed E-state index contributed by atoms with van der Waals surface area (Å²) < 4.78 is 49.3. The van der Waals surface area contributed by atoms with E-state index in [-0.39, 0.29) is 19.1 Å². The molecule has 0 bridgehead atoms. The second-order valence-corrected chi connectivity index (χ2v) is 10.8. The monoisotopic (exact) mass is 574 g/mol. The van der Waals surface area contributed by atoms with Crippen molar-refractivity contribution in [3.05, 3.63) is 69.7 Å². The molecule has 1 heterocycles. The molecule has 40 heavy (non-hydrogen) atoms. The lowest BCUT2D eigenvalue weighted by Crippen LogP contribution is -2.20. The van der Waals surface area contributed by atoms with Crippen molar-refractivity contribution in [3.63, 3.8) is 0 Å². The van der Waals surface area contributed by atoms with Crippen LogP contribution in [-0.2, 0) is 27.2 Å². The minimum atomic E-state index is -4.38. The molecule has 214 valence electrons. The van der Waals surface area contributed by atoms with E-state index in [0.717, 1.165) is 65.2 Å². The number of carbonyl (C=O) groups excluding carboxylic acids is 1. The first-order valence-corrected chi connectivity index (χ1v) is 14.2. The average Bonchev–Trinajstić information content (AvgIpc) is 3.31. The molecule has 0 spiro atoms. The maximum absolute atomic E-state index is 12.9. The fourth-order valence-corrected chi connectivity index (χ4v) is 5.67. The Morgan fingerprint density at radius 3 is 2.45 bits per heavy atom. The first-order valence-electron chi connectivity index (χ1n) is 13.4. The van der Waals surface area contributed by atoms with Crippen molar-refractivity contribution in [2.75, 3.05) is 13.2 Å². The summed E-state index contributed by atoms with van der Waals surface area (Å²) in [5.41, 5.74) is 3.40. The first kappa shape index (κ1) is 29.6.